The first-order chi connectivity index (χ1) is 9.61. The van der Waals surface area contributed by atoms with E-state index in [-0.39, 0.29) is 23.5 Å². The van der Waals surface area contributed by atoms with Crippen LogP contribution in [0.2, 0.25) is 0 Å². The molecule has 0 spiro atoms. The molecule has 1 aromatic carbocycles. The van der Waals surface area contributed by atoms with E-state index in [1.165, 1.54) is 25.3 Å². The van der Waals surface area contributed by atoms with Crippen LogP contribution in [0.25, 0.3) is 0 Å². The molecule has 2 N–H and O–H groups in total. The smallest absolute Gasteiger partial charge is 0.273 e. The van der Waals surface area contributed by atoms with Crippen LogP contribution in [-0.2, 0) is 6.54 Å². The van der Waals surface area contributed by atoms with Gasteiger partial charge in [-0.2, -0.15) is 5.21 Å². The Morgan fingerprint density at radius 3 is 2.95 bits per heavy atom. The van der Waals surface area contributed by atoms with Crippen LogP contribution >= 0.6 is 0 Å². The molecule has 20 heavy (non-hydrogen) atoms. The second-order valence-electron chi connectivity index (χ2n) is 3.65. The molecule has 0 saturated carbocycles. The number of nitrogens with zero attached hydrogens (tertiary/aromatic N) is 4. The van der Waals surface area contributed by atoms with E-state index in [1.54, 1.807) is 0 Å². The number of aromatic nitrogens is 4. The van der Waals surface area contributed by atoms with Gasteiger partial charge in [-0.1, -0.05) is 5.21 Å². The predicted molar refractivity (Wildman–Crippen MR) is 65.0 cm³/mol. The van der Waals surface area contributed by atoms with E-state index in [0.717, 1.165) is 0 Å². The average Bonchev–Trinajstić information content (AvgIpc) is 2.97. The molecule has 1 heterocycles. The molecule has 0 fully saturated rings. The van der Waals surface area contributed by atoms with Crippen LogP contribution < -0.4 is 10.1 Å². The van der Waals surface area contributed by atoms with Gasteiger partial charge in [0.2, 0.25) is 0 Å². The molecule has 0 aliphatic carbocycles. The minimum atomic E-state index is -0.566. The fourth-order valence-electron chi connectivity index (χ4n) is 1.49. The number of nitro groups is 1. The molecule has 0 atom stereocenters. The maximum Gasteiger partial charge on any atom is 0.273 e. The Kier molecular flexibility index (Phi) is 3.84. The molecule has 1 amide bonds. The van der Waals surface area contributed by atoms with Crippen molar-refractivity contribution in [2.45, 2.75) is 6.54 Å². The standard InChI is InChI=1S/C10H10N6O4/c1-20-8-4-6(16(18)19)2-3-7(8)10(17)11-5-9-12-14-15-13-9/h2-4H,5H2,1H3,(H,11,17)(H,12,13,14,15). The number of rotatable bonds is 5. The van der Waals surface area contributed by atoms with Crippen molar-refractivity contribution >= 4 is 11.6 Å². The summed E-state index contributed by atoms with van der Waals surface area (Å²) in [4.78, 5) is 22.0. The molecule has 0 bridgehead atoms. The number of methoxy groups -OCH3 is 1. The van der Waals surface area contributed by atoms with Gasteiger partial charge in [0, 0.05) is 6.07 Å². The fourth-order valence-corrected chi connectivity index (χ4v) is 1.49. The number of hydrogen-bond acceptors (Lipinski definition) is 7. The van der Waals surface area contributed by atoms with Crippen molar-refractivity contribution < 1.29 is 14.5 Å². The molecule has 10 nitrogen and oxygen atoms in total. The highest BCUT2D eigenvalue weighted by atomic mass is 16.6. The number of nitrogens with one attached hydrogen (secondary N) is 2. The molecule has 104 valence electrons. The Morgan fingerprint density at radius 1 is 1.55 bits per heavy atom. The maximum absolute atomic E-state index is 12.0. The number of aromatic amines is 1. The lowest BCUT2D eigenvalue weighted by Crippen LogP contribution is -2.24. The van der Waals surface area contributed by atoms with Crippen molar-refractivity contribution in [1.29, 1.82) is 0 Å². The molecule has 0 unspecified atom stereocenters. The Hall–Kier alpha value is -3.04. The van der Waals surface area contributed by atoms with Gasteiger partial charge in [-0.3, -0.25) is 14.9 Å². The number of H-pyrrole nitrogens is 1. The van der Waals surface area contributed by atoms with Crippen LogP contribution in [0.3, 0.4) is 0 Å². The molecule has 0 aliphatic heterocycles. The third-order valence-electron chi connectivity index (χ3n) is 2.44. The fraction of sp³-hybridized carbons (Fsp3) is 0.200. The Bertz CT molecular complexity index is 627. The summed E-state index contributed by atoms with van der Waals surface area (Å²) in [5.74, 6) is -0.0226. The second kappa shape index (κ2) is 5.73. The summed E-state index contributed by atoms with van der Waals surface area (Å²) in [5.41, 5.74) is 0.0261. The average molecular weight is 278 g/mol. The largest absolute Gasteiger partial charge is 0.496 e. The minimum Gasteiger partial charge on any atom is -0.496 e. The van der Waals surface area contributed by atoms with Gasteiger partial charge in [0.25, 0.3) is 11.6 Å². The number of tetrazole rings is 1. The van der Waals surface area contributed by atoms with Crippen LogP contribution in [0.4, 0.5) is 5.69 Å². The number of amides is 1. The molecule has 0 radical (unpaired) electrons. The second-order valence-corrected chi connectivity index (χ2v) is 3.65. The summed E-state index contributed by atoms with van der Waals surface area (Å²) in [6.45, 7) is 0.0788. The number of carbonyl (C=O) groups is 1. The molecule has 2 aromatic rings. The third-order valence-corrected chi connectivity index (χ3v) is 2.44. The van der Waals surface area contributed by atoms with Crippen molar-refractivity contribution in [3.05, 3.63) is 39.7 Å². The summed E-state index contributed by atoms with van der Waals surface area (Å²) in [5, 5.41) is 26.2. The van der Waals surface area contributed by atoms with Gasteiger partial charge >= 0.3 is 0 Å². The number of hydrogen-bond donors (Lipinski definition) is 2. The highest BCUT2D eigenvalue weighted by Gasteiger charge is 2.16. The summed E-state index contributed by atoms with van der Waals surface area (Å²) in [6, 6.07) is 3.73. The van der Waals surface area contributed by atoms with E-state index < -0.39 is 10.8 Å². The predicted octanol–water partition coefficient (Wildman–Crippen LogP) is 0.0465. The van der Waals surface area contributed by atoms with Crippen molar-refractivity contribution in [3.8, 4) is 5.75 Å². The van der Waals surface area contributed by atoms with Crippen molar-refractivity contribution in [2.24, 2.45) is 0 Å². The zero-order valence-corrected chi connectivity index (χ0v) is 10.4. The number of nitro benzene ring substituents is 1. The Labute approximate surface area is 112 Å². The van der Waals surface area contributed by atoms with Crippen molar-refractivity contribution in [1.82, 2.24) is 25.9 Å². The maximum atomic E-state index is 12.0. The minimum absolute atomic E-state index is 0.0788. The summed E-state index contributed by atoms with van der Waals surface area (Å²) in [6.07, 6.45) is 0. The monoisotopic (exact) mass is 278 g/mol. The van der Waals surface area contributed by atoms with Crippen molar-refractivity contribution in [2.75, 3.05) is 7.11 Å². The summed E-state index contributed by atoms with van der Waals surface area (Å²) >= 11 is 0. The summed E-state index contributed by atoms with van der Waals surface area (Å²) < 4.78 is 4.98. The van der Waals surface area contributed by atoms with Gasteiger partial charge < -0.3 is 10.1 Å². The van der Waals surface area contributed by atoms with E-state index in [1.807, 2.05) is 0 Å². The zero-order chi connectivity index (χ0) is 14.5. The SMILES string of the molecule is COc1cc([N+](=O)[O-])ccc1C(=O)NCc1nn[nH]n1. The molecule has 1 aromatic heterocycles. The Morgan fingerprint density at radius 2 is 2.35 bits per heavy atom. The number of carbonyl (C=O) groups excluding carboxylic acids is 1. The van der Waals surface area contributed by atoms with E-state index in [0.29, 0.717) is 5.82 Å². The molecule has 0 saturated heterocycles. The first-order valence-corrected chi connectivity index (χ1v) is 5.44. The van der Waals surface area contributed by atoms with E-state index in [9.17, 15) is 14.9 Å². The normalized spacial score (nSPS) is 10.1. The lowest BCUT2D eigenvalue weighted by Gasteiger charge is -2.07. The molecule has 2 rings (SSSR count). The highest BCUT2D eigenvalue weighted by Crippen LogP contribution is 2.24. The molecular formula is C10H10N6O4. The van der Waals surface area contributed by atoms with Crippen LogP contribution in [-0.4, -0.2) is 38.6 Å². The quantitative estimate of drug-likeness (QED) is 0.582. The van der Waals surface area contributed by atoms with Crippen LogP contribution in [0.15, 0.2) is 18.2 Å². The lowest BCUT2D eigenvalue weighted by molar-refractivity contribution is -0.384. The lowest BCUT2D eigenvalue weighted by atomic mass is 10.1. The summed E-state index contributed by atoms with van der Waals surface area (Å²) in [7, 11) is 1.33. The van der Waals surface area contributed by atoms with E-state index in [4.69, 9.17) is 4.74 Å². The van der Waals surface area contributed by atoms with Crippen LogP contribution in [0, 0.1) is 10.1 Å². The van der Waals surface area contributed by atoms with Gasteiger partial charge in [0.15, 0.2) is 5.82 Å². The van der Waals surface area contributed by atoms with E-state index in [2.05, 4.69) is 25.9 Å². The first kappa shape index (κ1) is 13.4. The van der Waals surface area contributed by atoms with Gasteiger partial charge in [0.1, 0.15) is 5.75 Å². The van der Waals surface area contributed by atoms with Crippen LogP contribution in [0.1, 0.15) is 16.2 Å². The zero-order valence-electron chi connectivity index (χ0n) is 10.4. The number of ether oxygens (including phenoxy) is 1. The third kappa shape index (κ3) is 2.85. The molecular weight excluding hydrogens is 268 g/mol. The topological polar surface area (TPSA) is 136 Å². The van der Waals surface area contributed by atoms with Crippen molar-refractivity contribution in [3.63, 3.8) is 0 Å². The molecule has 10 heteroatoms. The Balaban J connectivity index is 2.14. The van der Waals surface area contributed by atoms with E-state index >= 15 is 0 Å². The first-order valence-electron chi connectivity index (χ1n) is 5.44. The molecule has 0 aliphatic rings. The van der Waals surface area contributed by atoms with Gasteiger partial charge in [-0.05, 0) is 6.07 Å². The van der Waals surface area contributed by atoms with Gasteiger partial charge in [0.05, 0.1) is 30.2 Å². The van der Waals surface area contributed by atoms with Gasteiger partial charge in [-0.15, -0.1) is 10.2 Å². The number of benzene rings is 1. The van der Waals surface area contributed by atoms with Gasteiger partial charge in [-0.25, -0.2) is 0 Å². The highest BCUT2D eigenvalue weighted by molar-refractivity contribution is 5.97. The van der Waals surface area contributed by atoms with Crippen LogP contribution in [0.5, 0.6) is 5.75 Å². The number of non-ortho nitro benzene ring substituents is 1.